The molecule has 1 aliphatic rings. The number of hydrogen-bond donors (Lipinski definition) is 3. The van der Waals surface area contributed by atoms with Gasteiger partial charge in [0, 0.05) is 0 Å². The lowest BCUT2D eigenvalue weighted by Crippen LogP contribution is -2.71. The Balaban J connectivity index is 0.00000187. The molecule has 3 rings (SSSR count). The molecule has 0 saturated carbocycles. The number of aliphatic hydroxyl groups is 1. The Kier molecular flexibility index (Phi) is 8.32. The van der Waals surface area contributed by atoms with Crippen LogP contribution in [0.15, 0.2) is 30.3 Å². The Bertz CT molecular complexity index is 1030. The summed E-state index contributed by atoms with van der Waals surface area (Å²) in [7, 11) is 1.18. The first-order valence-corrected chi connectivity index (χ1v) is 10.4. The molecule has 1 fully saturated rings. The zero-order chi connectivity index (χ0) is 24.9. The molecule has 1 atom stereocenters. The number of hydrogen-bond acceptors (Lipinski definition) is 5. The van der Waals surface area contributed by atoms with E-state index in [1.807, 2.05) is 13.8 Å². The number of anilines is 2. The standard InChI is InChI=1S/C21H22F3N3O4.C2H6/c1-11-4-7-16(15(23)8-11)26-18-13(5-6-14(22)17(18)24)19(28)27-9-21(30,10-27)12(2)25-20(29)31-3;1-2/h4-8,12,26,30H,9-10H2,1-3H3,(H,25,29);1-2H3. The fraction of sp³-hybridized carbons (Fsp3) is 0.391. The largest absolute Gasteiger partial charge is 0.453 e. The molecule has 0 spiro atoms. The van der Waals surface area contributed by atoms with Crippen molar-refractivity contribution >= 4 is 23.4 Å². The van der Waals surface area contributed by atoms with Gasteiger partial charge in [-0.15, -0.1) is 0 Å². The van der Waals surface area contributed by atoms with Crippen LogP contribution in [0.2, 0.25) is 0 Å². The van der Waals surface area contributed by atoms with Gasteiger partial charge in [-0.05, 0) is 43.7 Å². The number of methoxy groups -OCH3 is 1. The molecule has 10 heteroatoms. The van der Waals surface area contributed by atoms with Gasteiger partial charge in [-0.1, -0.05) is 19.9 Å². The first-order valence-electron chi connectivity index (χ1n) is 10.4. The number of halogens is 3. The van der Waals surface area contributed by atoms with Crippen molar-refractivity contribution in [3.05, 3.63) is 58.9 Å². The van der Waals surface area contributed by atoms with Crippen molar-refractivity contribution in [2.75, 3.05) is 25.5 Å². The molecule has 3 N–H and O–H groups in total. The minimum absolute atomic E-state index is 0.125. The van der Waals surface area contributed by atoms with Gasteiger partial charge in [0.2, 0.25) is 0 Å². The Hall–Kier alpha value is -3.27. The second-order valence-corrected chi connectivity index (χ2v) is 7.51. The van der Waals surface area contributed by atoms with Crippen LogP contribution in [0.25, 0.3) is 0 Å². The molecule has 7 nitrogen and oxygen atoms in total. The number of likely N-dealkylation sites (tertiary alicyclic amines) is 1. The molecule has 1 unspecified atom stereocenters. The molecule has 0 aromatic heterocycles. The lowest BCUT2D eigenvalue weighted by molar-refractivity contribution is -0.0989. The summed E-state index contributed by atoms with van der Waals surface area (Å²) in [6, 6.07) is 5.30. The van der Waals surface area contributed by atoms with Crippen LogP contribution >= 0.6 is 0 Å². The van der Waals surface area contributed by atoms with E-state index in [9.17, 15) is 27.9 Å². The van der Waals surface area contributed by atoms with E-state index < -0.39 is 46.8 Å². The van der Waals surface area contributed by atoms with Crippen LogP contribution in [-0.2, 0) is 4.74 Å². The second kappa shape index (κ2) is 10.6. The van der Waals surface area contributed by atoms with Crippen molar-refractivity contribution < 1.29 is 32.6 Å². The smallest absolute Gasteiger partial charge is 0.407 e. The van der Waals surface area contributed by atoms with Gasteiger partial charge in [-0.3, -0.25) is 4.79 Å². The molecule has 2 aromatic rings. The fourth-order valence-electron chi connectivity index (χ4n) is 3.28. The summed E-state index contributed by atoms with van der Waals surface area (Å²) in [6.45, 7) is 6.90. The minimum Gasteiger partial charge on any atom is -0.453 e. The van der Waals surface area contributed by atoms with Crippen molar-refractivity contribution in [2.24, 2.45) is 0 Å². The summed E-state index contributed by atoms with van der Waals surface area (Å²) in [6.07, 6.45) is -0.738. The van der Waals surface area contributed by atoms with Crippen molar-refractivity contribution in [2.45, 2.75) is 39.3 Å². The molecule has 0 radical (unpaired) electrons. The topological polar surface area (TPSA) is 90.9 Å². The van der Waals surface area contributed by atoms with Crippen LogP contribution < -0.4 is 10.6 Å². The molecule has 0 bridgehead atoms. The zero-order valence-electron chi connectivity index (χ0n) is 19.1. The third-order valence-corrected chi connectivity index (χ3v) is 5.25. The van der Waals surface area contributed by atoms with Crippen molar-refractivity contribution in [3.8, 4) is 0 Å². The van der Waals surface area contributed by atoms with Gasteiger partial charge in [-0.25, -0.2) is 18.0 Å². The van der Waals surface area contributed by atoms with Gasteiger partial charge in [0.1, 0.15) is 11.4 Å². The molecule has 2 amide bonds. The lowest BCUT2D eigenvalue weighted by atomic mass is 9.86. The summed E-state index contributed by atoms with van der Waals surface area (Å²) >= 11 is 0. The average Bonchev–Trinajstić information content (AvgIpc) is 2.77. The van der Waals surface area contributed by atoms with Crippen LogP contribution in [-0.4, -0.2) is 53.8 Å². The van der Waals surface area contributed by atoms with E-state index in [0.29, 0.717) is 5.56 Å². The average molecular weight is 467 g/mol. The lowest BCUT2D eigenvalue weighted by Gasteiger charge is -2.49. The molecule has 1 saturated heterocycles. The highest BCUT2D eigenvalue weighted by atomic mass is 19.2. The van der Waals surface area contributed by atoms with E-state index in [0.717, 1.165) is 12.1 Å². The van der Waals surface area contributed by atoms with Gasteiger partial charge < -0.3 is 25.4 Å². The van der Waals surface area contributed by atoms with Gasteiger partial charge in [0.15, 0.2) is 11.6 Å². The minimum atomic E-state index is -1.42. The van der Waals surface area contributed by atoms with E-state index >= 15 is 0 Å². The Morgan fingerprint density at radius 2 is 1.76 bits per heavy atom. The Morgan fingerprint density at radius 3 is 2.33 bits per heavy atom. The number of nitrogens with one attached hydrogen (secondary N) is 2. The summed E-state index contributed by atoms with van der Waals surface area (Å²) in [5.74, 6) is -3.92. The highest BCUT2D eigenvalue weighted by Crippen LogP contribution is 2.32. The maximum Gasteiger partial charge on any atom is 0.407 e. The predicted octanol–water partition coefficient (Wildman–Crippen LogP) is 4.11. The number of carbonyl (C=O) groups is 2. The molecular weight excluding hydrogens is 439 g/mol. The van der Waals surface area contributed by atoms with Crippen LogP contribution in [0.4, 0.5) is 29.3 Å². The highest BCUT2D eigenvalue weighted by Gasteiger charge is 2.48. The number of benzene rings is 2. The molecule has 1 aliphatic heterocycles. The number of carbonyl (C=O) groups excluding carboxylic acids is 2. The fourth-order valence-corrected chi connectivity index (χ4v) is 3.28. The molecule has 0 aliphatic carbocycles. The third-order valence-electron chi connectivity index (χ3n) is 5.25. The second-order valence-electron chi connectivity index (χ2n) is 7.51. The SMILES string of the molecule is CC.COC(=O)NC(C)C1(O)CN(C(=O)c2ccc(F)c(F)c2Nc2ccc(C)cc2F)C1. The summed E-state index contributed by atoms with van der Waals surface area (Å²) in [4.78, 5) is 25.5. The van der Waals surface area contributed by atoms with E-state index in [4.69, 9.17) is 0 Å². The highest BCUT2D eigenvalue weighted by molar-refractivity contribution is 6.01. The third kappa shape index (κ3) is 5.57. The summed E-state index contributed by atoms with van der Waals surface area (Å²) in [5, 5.41) is 15.5. The molecule has 180 valence electrons. The van der Waals surface area contributed by atoms with Crippen molar-refractivity contribution in [1.29, 1.82) is 0 Å². The quantitative estimate of drug-likeness (QED) is 0.616. The number of β-amino-alcohol motifs (C(OH)–C–C–N with tert-alkyl or cyclic N) is 1. The number of rotatable bonds is 5. The number of ether oxygens (including phenoxy) is 1. The maximum absolute atomic E-state index is 14.5. The molecule has 33 heavy (non-hydrogen) atoms. The molecule has 1 heterocycles. The Morgan fingerprint density at radius 1 is 1.12 bits per heavy atom. The number of amides is 2. The van der Waals surface area contributed by atoms with Crippen LogP contribution in [0.3, 0.4) is 0 Å². The van der Waals surface area contributed by atoms with Gasteiger partial charge in [0.05, 0.1) is 43.2 Å². The number of aryl methyl sites for hydroxylation is 1. The van der Waals surface area contributed by atoms with Crippen molar-refractivity contribution in [3.63, 3.8) is 0 Å². The summed E-state index contributed by atoms with van der Waals surface area (Å²) < 4.78 is 47.1. The van der Waals surface area contributed by atoms with Gasteiger partial charge >= 0.3 is 6.09 Å². The van der Waals surface area contributed by atoms with E-state index in [1.54, 1.807) is 19.9 Å². The van der Waals surface area contributed by atoms with E-state index in [2.05, 4.69) is 15.4 Å². The molecular formula is C23H28F3N3O4. The Labute approximate surface area is 190 Å². The van der Waals surface area contributed by atoms with Gasteiger partial charge in [0.25, 0.3) is 5.91 Å². The predicted molar refractivity (Wildman–Crippen MR) is 118 cm³/mol. The first-order chi connectivity index (χ1) is 15.6. The maximum atomic E-state index is 14.5. The zero-order valence-corrected chi connectivity index (χ0v) is 19.1. The van der Waals surface area contributed by atoms with Crippen LogP contribution in [0.1, 0.15) is 36.7 Å². The van der Waals surface area contributed by atoms with Crippen LogP contribution in [0, 0.1) is 24.4 Å². The van der Waals surface area contributed by atoms with E-state index in [1.165, 1.54) is 24.1 Å². The first kappa shape index (κ1) is 26.0. The number of alkyl carbamates (subject to hydrolysis) is 1. The summed E-state index contributed by atoms with van der Waals surface area (Å²) in [5.41, 5.74) is -1.65. The van der Waals surface area contributed by atoms with Crippen LogP contribution in [0.5, 0.6) is 0 Å². The van der Waals surface area contributed by atoms with E-state index in [-0.39, 0.29) is 24.3 Å². The molecule has 2 aromatic carbocycles. The van der Waals surface area contributed by atoms with Gasteiger partial charge in [-0.2, -0.15) is 0 Å². The normalized spacial score (nSPS) is 14.9. The monoisotopic (exact) mass is 467 g/mol. The van der Waals surface area contributed by atoms with Crippen molar-refractivity contribution in [1.82, 2.24) is 10.2 Å². The number of nitrogens with zero attached hydrogens (tertiary/aromatic N) is 1.